The second kappa shape index (κ2) is 7.59. The number of nitrogens with one attached hydrogen (secondary N) is 2. The number of ether oxygens (including phenoxy) is 1. The Kier molecular flexibility index (Phi) is 6.06. The second-order valence-electron chi connectivity index (χ2n) is 7.70. The summed E-state index contributed by atoms with van der Waals surface area (Å²) in [6, 6.07) is 0.789. The minimum atomic E-state index is 0.139. The molecule has 21 heavy (non-hydrogen) atoms. The molecular weight excluding hydrogens is 264 g/mol. The van der Waals surface area contributed by atoms with Crippen molar-refractivity contribution in [1.82, 2.24) is 10.6 Å². The summed E-state index contributed by atoms with van der Waals surface area (Å²) < 4.78 is 5.32. The fourth-order valence-electron chi connectivity index (χ4n) is 3.76. The van der Waals surface area contributed by atoms with E-state index in [0.29, 0.717) is 30.0 Å². The molecule has 0 radical (unpaired) electrons. The average molecular weight is 296 g/mol. The van der Waals surface area contributed by atoms with E-state index in [1.54, 1.807) is 0 Å². The van der Waals surface area contributed by atoms with E-state index >= 15 is 0 Å². The maximum absolute atomic E-state index is 12.1. The highest BCUT2D eigenvalue weighted by atomic mass is 16.5. The number of hydrogen-bond acceptors (Lipinski definition) is 3. The first-order valence-corrected chi connectivity index (χ1v) is 8.57. The summed E-state index contributed by atoms with van der Waals surface area (Å²) >= 11 is 0. The van der Waals surface area contributed by atoms with Crippen molar-refractivity contribution >= 4 is 5.91 Å². The Bertz CT molecular complexity index is 332. The van der Waals surface area contributed by atoms with Gasteiger partial charge in [0.25, 0.3) is 0 Å². The third-order valence-electron chi connectivity index (χ3n) is 4.99. The van der Waals surface area contributed by atoms with E-state index in [-0.39, 0.29) is 5.91 Å². The zero-order chi connectivity index (χ0) is 15.3. The van der Waals surface area contributed by atoms with Gasteiger partial charge in [-0.05, 0) is 37.0 Å². The average Bonchev–Trinajstić information content (AvgIpc) is 2.45. The van der Waals surface area contributed by atoms with Gasteiger partial charge in [-0.15, -0.1) is 0 Å². The van der Waals surface area contributed by atoms with Gasteiger partial charge in [-0.25, -0.2) is 0 Å². The predicted molar refractivity (Wildman–Crippen MR) is 85.2 cm³/mol. The van der Waals surface area contributed by atoms with E-state index in [1.807, 2.05) is 0 Å². The van der Waals surface area contributed by atoms with Crippen molar-refractivity contribution in [2.75, 3.05) is 19.8 Å². The van der Waals surface area contributed by atoms with Gasteiger partial charge in [-0.3, -0.25) is 4.79 Å². The largest absolute Gasteiger partial charge is 0.381 e. The maximum atomic E-state index is 12.1. The lowest BCUT2D eigenvalue weighted by Crippen LogP contribution is -2.49. The molecule has 1 saturated carbocycles. The summed E-state index contributed by atoms with van der Waals surface area (Å²) in [6.07, 6.45) is 6.98. The molecule has 0 unspecified atom stereocenters. The van der Waals surface area contributed by atoms with Gasteiger partial charge >= 0.3 is 0 Å². The smallest absolute Gasteiger partial charge is 0.234 e. The van der Waals surface area contributed by atoms with Crippen LogP contribution in [0.4, 0.5) is 0 Å². The van der Waals surface area contributed by atoms with Gasteiger partial charge in [0.2, 0.25) is 5.91 Å². The Labute approximate surface area is 129 Å². The van der Waals surface area contributed by atoms with Gasteiger partial charge in [0, 0.05) is 25.3 Å². The molecule has 122 valence electrons. The quantitative estimate of drug-likeness (QED) is 0.838. The molecule has 0 aromatic heterocycles. The molecular formula is C17H32N2O2. The maximum Gasteiger partial charge on any atom is 0.234 e. The first kappa shape index (κ1) is 16.8. The van der Waals surface area contributed by atoms with E-state index in [9.17, 15) is 4.79 Å². The van der Waals surface area contributed by atoms with Crippen LogP contribution in [0.3, 0.4) is 0 Å². The summed E-state index contributed by atoms with van der Waals surface area (Å²) in [7, 11) is 0. The molecule has 0 bridgehead atoms. The lowest BCUT2D eigenvalue weighted by Gasteiger charge is -2.41. The summed E-state index contributed by atoms with van der Waals surface area (Å²) in [6.45, 7) is 8.95. The summed E-state index contributed by atoms with van der Waals surface area (Å²) in [5, 5.41) is 6.65. The Morgan fingerprint density at radius 1 is 1.10 bits per heavy atom. The van der Waals surface area contributed by atoms with Crippen LogP contribution in [0.2, 0.25) is 0 Å². The molecule has 4 nitrogen and oxygen atoms in total. The number of carbonyl (C=O) groups is 1. The molecule has 1 heterocycles. The van der Waals surface area contributed by atoms with E-state index in [1.165, 1.54) is 25.7 Å². The lowest BCUT2D eigenvalue weighted by molar-refractivity contribution is -0.121. The van der Waals surface area contributed by atoms with Crippen molar-refractivity contribution in [2.24, 2.45) is 11.3 Å². The molecule has 1 amide bonds. The van der Waals surface area contributed by atoms with Crippen LogP contribution in [0.15, 0.2) is 0 Å². The summed E-state index contributed by atoms with van der Waals surface area (Å²) in [5.41, 5.74) is 0.315. The molecule has 0 aromatic rings. The fourth-order valence-corrected chi connectivity index (χ4v) is 3.76. The van der Waals surface area contributed by atoms with Crippen molar-refractivity contribution in [3.05, 3.63) is 0 Å². The number of rotatable bonds is 4. The Hall–Kier alpha value is -0.610. The van der Waals surface area contributed by atoms with Gasteiger partial charge in [0.15, 0.2) is 0 Å². The van der Waals surface area contributed by atoms with Crippen molar-refractivity contribution in [1.29, 1.82) is 0 Å². The highest BCUT2D eigenvalue weighted by molar-refractivity contribution is 5.78. The zero-order valence-electron chi connectivity index (χ0n) is 13.9. The Morgan fingerprint density at radius 3 is 2.43 bits per heavy atom. The molecule has 4 heteroatoms. The normalized spacial score (nSPS) is 28.3. The minimum absolute atomic E-state index is 0.139. The van der Waals surface area contributed by atoms with Crippen LogP contribution in [0.5, 0.6) is 0 Å². The zero-order valence-corrected chi connectivity index (χ0v) is 13.9. The topological polar surface area (TPSA) is 50.4 Å². The monoisotopic (exact) mass is 296 g/mol. The van der Waals surface area contributed by atoms with Crippen molar-refractivity contribution < 1.29 is 9.53 Å². The van der Waals surface area contributed by atoms with Crippen molar-refractivity contribution in [3.8, 4) is 0 Å². The molecule has 2 fully saturated rings. The van der Waals surface area contributed by atoms with E-state index in [4.69, 9.17) is 4.74 Å². The van der Waals surface area contributed by atoms with Gasteiger partial charge < -0.3 is 15.4 Å². The molecule has 2 rings (SSSR count). The molecule has 2 atom stereocenters. The standard InChI is InChI=1S/C17H32N2O2/c1-17(2,3)14-6-4-5-7-15(14)18-12-16(20)19-13-8-10-21-11-9-13/h13-15,18H,4-12H2,1-3H3,(H,19,20)/t14-,15+/m0/s1. The van der Waals surface area contributed by atoms with Crippen LogP contribution in [-0.2, 0) is 9.53 Å². The van der Waals surface area contributed by atoms with Crippen molar-refractivity contribution in [2.45, 2.75) is 71.4 Å². The highest BCUT2D eigenvalue weighted by Gasteiger charge is 2.34. The van der Waals surface area contributed by atoms with Gasteiger partial charge in [0.05, 0.1) is 6.54 Å². The molecule has 0 aromatic carbocycles. The second-order valence-corrected chi connectivity index (χ2v) is 7.70. The highest BCUT2D eigenvalue weighted by Crippen LogP contribution is 2.37. The molecule has 2 N–H and O–H groups in total. The third-order valence-corrected chi connectivity index (χ3v) is 4.99. The summed E-state index contributed by atoms with van der Waals surface area (Å²) in [4.78, 5) is 12.1. The SMILES string of the molecule is CC(C)(C)[C@H]1CCCC[C@H]1NCC(=O)NC1CCOCC1. The lowest BCUT2D eigenvalue weighted by atomic mass is 9.69. The van der Waals surface area contributed by atoms with E-state index in [2.05, 4.69) is 31.4 Å². The van der Waals surface area contributed by atoms with E-state index < -0.39 is 0 Å². The van der Waals surface area contributed by atoms with Gasteiger partial charge in [0.1, 0.15) is 0 Å². The van der Waals surface area contributed by atoms with Gasteiger partial charge in [-0.1, -0.05) is 33.6 Å². The van der Waals surface area contributed by atoms with Crippen LogP contribution < -0.4 is 10.6 Å². The Balaban J connectivity index is 1.76. The van der Waals surface area contributed by atoms with Crippen molar-refractivity contribution in [3.63, 3.8) is 0 Å². The summed E-state index contributed by atoms with van der Waals surface area (Å²) in [5.74, 6) is 0.808. The number of amides is 1. The van der Waals surface area contributed by atoms with Crippen LogP contribution in [0.1, 0.15) is 59.3 Å². The predicted octanol–water partition coefficient (Wildman–Crippen LogP) is 2.48. The van der Waals surface area contributed by atoms with Crippen LogP contribution >= 0.6 is 0 Å². The first-order valence-electron chi connectivity index (χ1n) is 8.57. The molecule has 1 aliphatic carbocycles. The fraction of sp³-hybridized carbons (Fsp3) is 0.941. The molecule has 2 aliphatic rings. The molecule has 0 spiro atoms. The number of hydrogen-bond donors (Lipinski definition) is 2. The third kappa shape index (κ3) is 5.26. The minimum Gasteiger partial charge on any atom is -0.381 e. The van der Waals surface area contributed by atoms with Gasteiger partial charge in [-0.2, -0.15) is 0 Å². The number of carbonyl (C=O) groups excluding carboxylic acids is 1. The Morgan fingerprint density at radius 2 is 1.76 bits per heavy atom. The van der Waals surface area contributed by atoms with Crippen LogP contribution in [0, 0.1) is 11.3 Å². The van der Waals surface area contributed by atoms with Crippen LogP contribution in [-0.4, -0.2) is 37.7 Å². The molecule has 1 saturated heterocycles. The van der Waals surface area contributed by atoms with Crippen LogP contribution in [0.25, 0.3) is 0 Å². The molecule has 1 aliphatic heterocycles. The van der Waals surface area contributed by atoms with E-state index in [0.717, 1.165) is 26.1 Å². The first-order chi connectivity index (χ1) is 9.97.